The van der Waals surface area contributed by atoms with Crippen molar-refractivity contribution in [3.63, 3.8) is 0 Å². The monoisotopic (exact) mass is 1090 g/mol. The van der Waals surface area contributed by atoms with Crippen molar-refractivity contribution < 1.29 is 28.6 Å². The molecular weight excluding hydrogens is 961 g/mol. The highest BCUT2D eigenvalue weighted by Gasteiger charge is 2.19. The Bertz CT molecular complexity index is 1440. The topological polar surface area (TPSA) is 78.9 Å². The average Bonchev–Trinajstić information content (AvgIpc) is 3.44. The third kappa shape index (κ3) is 63.7. The number of ether oxygens (including phenoxy) is 3. The first kappa shape index (κ1) is 74.8. The minimum absolute atomic E-state index is 0.0813. The van der Waals surface area contributed by atoms with Gasteiger partial charge in [-0.3, -0.25) is 14.4 Å². The van der Waals surface area contributed by atoms with Gasteiger partial charge in [0.05, 0.1) is 0 Å². The predicted molar refractivity (Wildman–Crippen MR) is 339 cm³/mol. The fraction of sp³-hybridized carbons (Fsp3) is 0.792. The molecule has 0 aromatic rings. The lowest BCUT2D eigenvalue weighted by Crippen LogP contribution is -2.30. The van der Waals surface area contributed by atoms with E-state index in [0.717, 1.165) is 96.3 Å². The number of unbranched alkanes of at least 4 members (excludes halogenated alkanes) is 39. The first-order valence-corrected chi connectivity index (χ1v) is 33.9. The summed E-state index contributed by atoms with van der Waals surface area (Å²) < 4.78 is 16.9. The lowest BCUT2D eigenvalue weighted by molar-refractivity contribution is -0.167. The molecule has 0 rings (SSSR count). The van der Waals surface area contributed by atoms with Crippen molar-refractivity contribution in [3.05, 3.63) is 72.9 Å². The number of allylic oxidation sites excluding steroid dienone is 12. The van der Waals surface area contributed by atoms with E-state index in [-0.39, 0.29) is 31.1 Å². The van der Waals surface area contributed by atoms with E-state index < -0.39 is 6.10 Å². The van der Waals surface area contributed by atoms with Crippen molar-refractivity contribution in [2.24, 2.45) is 0 Å². The quantitative estimate of drug-likeness (QED) is 0.0261. The molecule has 0 aliphatic rings. The average molecular weight is 1090 g/mol. The molecule has 0 N–H and O–H groups in total. The summed E-state index contributed by atoms with van der Waals surface area (Å²) in [6.45, 7) is 6.62. The first-order chi connectivity index (χ1) is 38.5. The van der Waals surface area contributed by atoms with Gasteiger partial charge < -0.3 is 14.2 Å². The molecule has 0 heterocycles. The third-order valence-corrected chi connectivity index (χ3v) is 14.9. The van der Waals surface area contributed by atoms with Crippen molar-refractivity contribution >= 4 is 17.9 Å². The van der Waals surface area contributed by atoms with E-state index in [4.69, 9.17) is 14.2 Å². The molecule has 78 heavy (non-hydrogen) atoms. The smallest absolute Gasteiger partial charge is 0.306 e. The molecule has 0 aromatic heterocycles. The minimum atomic E-state index is -0.787. The Morgan fingerprint density at radius 3 is 0.756 bits per heavy atom. The number of hydrogen-bond acceptors (Lipinski definition) is 6. The molecule has 0 spiro atoms. The van der Waals surface area contributed by atoms with Crippen molar-refractivity contribution in [2.75, 3.05) is 13.2 Å². The number of hydrogen-bond donors (Lipinski definition) is 0. The lowest BCUT2D eigenvalue weighted by Gasteiger charge is -2.18. The number of esters is 3. The van der Waals surface area contributed by atoms with Crippen LogP contribution in [0.4, 0.5) is 0 Å². The second-order valence-electron chi connectivity index (χ2n) is 22.7. The number of rotatable bonds is 62. The van der Waals surface area contributed by atoms with Crippen molar-refractivity contribution in [1.29, 1.82) is 0 Å². The summed E-state index contributed by atoms with van der Waals surface area (Å²) in [7, 11) is 0. The molecule has 0 aromatic carbocycles. The molecule has 0 amide bonds. The Balaban J connectivity index is 4.29. The van der Waals surface area contributed by atoms with E-state index in [1.165, 1.54) is 212 Å². The molecule has 0 bridgehead atoms. The Labute approximate surface area is 484 Å². The van der Waals surface area contributed by atoms with E-state index in [2.05, 4.69) is 93.7 Å². The Kier molecular flexibility index (Phi) is 63.7. The zero-order valence-electron chi connectivity index (χ0n) is 51.9. The van der Waals surface area contributed by atoms with Crippen molar-refractivity contribution in [3.8, 4) is 0 Å². The highest BCUT2D eigenvalue weighted by molar-refractivity contribution is 5.71. The second-order valence-corrected chi connectivity index (χ2v) is 22.7. The Morgan fingerprint density at radius 2 is 0.462 bits per heavy atom. The number of carbonyl (C=O) groups is 3. The van der Waals surface area contributed by atoms with Gasteiger partial charge in [0.25, 0.3) is 0 Å². The van der Waals surface area contributed by atoms with Crippen LogP contribution in [0.25, 0.3) is 0 Å². The van der Waals surface area contributed by atoms with Gasteiger partial charge in [0.15, 0.2) is 6.10 Å². The van der Waals surface area contributed by atoms with Gasteiger partial charge in [-0.2, -0.15) is 0 Å². The van der Waals surface area contributed by atoms with Crippen LogP contribution in [0.15, 0.2) is 72.9 Å². The minimum Gasteiger partial charge on any atom is -0.462 e. The molecule has 452 valence electrons. The molecular formula is C72H128O6. The third-order valence-electron chi connectivity index (χ3n) is 14.9. The van der Waals surface area contributed by atoms with Crippen LogP contribution < -0.4 is 0 Å². The molecule has 6 nitrogen and oxygen atoms in total. The van der Waals surface area contributed by atoms with Gasteiger partial charge in [0.1, 0.15) is 13.2 Å². The largest absolute Gasteiger partial charge is 0.462 e. The van der Waals surface area contributed by atoms with Gasteiger partial charge in [-0.1, -0.05) is 286 Å². The van der Waals surface area contributed by atoms with Gasteiger partial charge in [-0.25, -0.2) is 0 Å². The molecule has 6 heteroatoms. The fourth-order valence-electron chi connectivity index (χ4n) is 9.77. The van der Waals surface area contributed by atoms with Gasteiger partial charge in [0, 0.05) is 19.3 Å². The first-order valence-electron chi connectivity index (χ1n) is 33.9. The summed E-state index contributed by atoms with van der Waals surface area (Å²) in [6.07, 6.45) is 86.3. The fourth-order valence-corrected chi connectivity index (χ4v) is 9.77. The van der Waals surface area contributed by atoms with Crippen LogP contribution in [-0.2, 0) is 28.6 Å². The van der Waals surface area contributed by atoms with Crippen LogP contribution in [0.1, 0.15) is 348 Å². The van der Waals surface area contributed by atoms with E-state index >= 15 is 0 Å². The Morgan fingerprint density at radius 1 is 0.256 bits per heavy atom. The van der Waals surface area contributed by atoms with E-state index in [1.807, 2.05) is 0 Å². The van der Waals surface area contributed by atoms with Crippen molar-refractivity contribution in [1.82, 2.24) is 0 Å². The van der Waals surface area contributed by atoms with Gasteiger partial charge in [-0.05, 0) is 116 Å². The second kappa shape index (κ2) is 66.4. The maximum atomic E-state index is 12.9. The summed E-state index contributed by atoms with van der Waals surface area (Å²) in [5.41, 5.74) is 0. The molecule has 0 fully saturated rings. The Hall–Kier alpha value is -3.15. The van der Waals surface area contributed by atoms with Gasteiger partial charge in [0.2, 0.25) is 0 Å². The summed E-state index contributed by atoms with van der Waals surface area (Å²) in [5.74, 6) is -0.886. The molecule has 0 saturated carbocycles. The van der Waals surface area contributed by atoms with Crippen LogP contribution in [0.5, 0.6) is 0 Å². The molecule has 1 atom stereocenters. The van der Waals surface area contributed by atoms with E-state index in [9.17, 15) is 14.4 Å². The van der Waals surface area contributed by atoms with Crippen LogP contribution in [-0.4, -0.2) is 37.2 Å². The molecule has 0 aliphatic carbocycles. The van der Waals surface area contributed by atoms with E-state index in [0.29, 0.717) is 19.3 Å². The maximum absolute atomic E-state index is 12.9. The van der Waals surface area contributed by atoms with Gasteiger partial charge in [-0.15, -0.1) is 0 Å². The zero-order chi connectivity index (χ0) is 56.4. The highest BCUT2D eigenvalue weighted by atomic mass is 16.6. The predicted octanol–water partition coefficient (Wildman–Crippen LogP) is 23.3. The van der Waals surface area contributed by atoms with Crippen LogP contribution in [0.2, 0.25) is 0 Å². The summed E-state index contributed by atoms with van der Waals surface area (Å²) in [6, 6.07) is 0. The maximum Gasteiger partial charge on any atom is 0.306 e. The molecule has 1 unspecified atom stereocenters. The van der Waals surface area contributed by atoms with Crippen LogP contribution in [0, 0.1) is 0 Å². The van der Waals surface area contributed by atoms with Crippen molar-refractivity contribution in [2.45, 2.75) is 354 Å². The lowest BCUT2D eigenvalue weighted by atomic mass is 10.0. The standard InChI is InChI=1S/C72H128O6/c1-4-7-10-13-16-19-22-25-28-30-32-33-34-35-36-37-38-39-41-42-44-47-50-53-56-59-62-65-71(74)77-68-69(67-76-70(73)64-61-58-55-52-49-46-27-24-21-18-15-12-9-6-3)78-72(75)66-63-60-57-54-51-48-45-43-40-31-29-26-23-20-17-14-11-8-5-2/h17,20,22,24-27,29-30,32,40,43,69H,4-16,18-19,21,23,28,31,33-39,41-42,44-68H2,1-3H3/b20-17-,25-22-,27-24-,29-26-,32-30-,43-40-. The normalized spacial score (nSPS) is 12.5. The molecule has 0 radical (unpaired) electrons. The summed E-state index contributed by atoms with van der Waals surface area (Å²) >= 11 is 0. The number of carbonyl (C=O) groups excluding carboxylic acids is 3. The highest BCUT2D eigenvalue weighted by Crippen LogP contribution is 2.17. The van der Waals surface area contributed by atoms with Crippen LogP contribution in [0.3, 0.4) is 0 Å². The summed E-state index contributed by atoms with van der Waals surface area (Å²) in [5, 5.41) is 0. The summed E-state index contributed by atoms with van der Waals surface area (Å²) in [4.78, 5) is 38.4. The van der Waals surface area contributed by atoms with Crippen LogP contribution >= 0.6 is 0 Å². The van der Waals surface area contributed by atoms with E-state index in [1.54, 1.807) is 0 Å². The molecule has 0 saturated heterocycles. The van der Waals surface area contributed by atoms with Gasteiger partial charge >= 0.3 is 17.9 Å². The zero-order valence-corrected chi connectivity index (χ0v) is 51.9. The SMILES string of the molecule is CCCCC/C=C\C/C=C\C/C=C\CCCCCCCCC(=O)OC(COC(=O)CCCCCCC/C=C\CCCCCCC)COC(=O)CCCCCCCCCCCCCCCCC/C=C\C/C=C\CCCCCCC. The molecule has 0 aliphatic heterocycles.